The van der Waals surface area contributed by atoms with Crippen molar-refractivity contribution in [3.63, 3.8) is 0 Å². The van der Waals surface area contributed by atoms with E-state index in [2.05, 4.69) is 10.6 Å². The monoisotopic (exact) mass is 438 g/mol. The fourth-order valence-electron chi connectivity index (χ4n) is 2.82. The van der Waals surface area contributed by atoms with Gasteiger partial charge in [0.15, 0.2) is 13.2 Å². The molecule has 31 heavy (non-hydrogen) atoms. The zero-order chi connectivity index (χ0) is 22.2. The molecule has 3 aromatic rings. The van der Waals surface area contributed by atoms with Gasteiger partial charge in [0.2, 0.25) is 0 Å². The Hall–Kier alpha value is -3.51. The molecule has 2 N–H and O–H groups in total. The van der Waals surface area contributed by atoms with Gasteiger partial charge in [0.25, 0.3) is 11.8 Å². The molecule has 0 aliphatic rings. The summed E-state index contributed by atoms with van der Waals surface area (Å²) in [5.74, 6) is 0.524. The van der Waals surface area contributed by atoms with Crippen molar-refractivity contribution in [1.82, 2.24) is 0 Å². The second-order valence-electron chi connectivity index (χ2n) is 6.89. The minimum atomic E-state index is -0.378. The average molecular weight is 439 g/mol. The highest BCUT2D eigenvalue weighted by molar-refractivity contribution is 6.31. The van der Waals surface area contributed by atoms with E-state index < -0.39 is 0 Å². The predicted molar refractivity (Wildman–Crippen MR) is 122 cm³/mol. The van der Waals surface area contributed by atoms with Crippen LogP contribution in [0.15, 0.2) is 66.7 Å². The van der Waals surface area contributed by atoms with Crippen molar-refractivity contribution in [2.24, 2.45) is 0 Å². The third kappa shape index (κ3) is 6.49. The normalized spacial score (nSPS) is 10.3. The molecule has 0 aliphatic carbocycles. The molecule has 0 aromatic heterocycles. The lowest BCUT2D eigenvalue weighted by Gasteiger charge is -2.14. The number of hydrogen-bond acceptors (Lipinski definition) is 4. The summed E-state index contributed by atoms with van der Waals surface area (Å²) >= 11 is 6.07. The van der Waals surface area contributed by atoms with Gasteiger partial charge < -0.3 is 20.1 Å². The highest BCUT2D eigenvalue weighted by atomic mass is 35.5. The number of benzene rings is 3. The number of carbonyl (C=O) groups excluding carboxylic acids is 2. The van der Waals surface area contributed by atoms with Crippen LogP contribution in [-0.4, -0.2) is 25.0 Å². The van der Waals surface area contributed by atoms with Crippen molar-refractivity contribution in [2.75, 3.05) is 23.8 Å². The van der Waals surface area contributed by atoms with E-state index in [-0.39, 0.29) is 25.0 Å². The molecule has 6 nitrogen and oxygen atoms in total. The zero-order valence-electron chi connectivity index (χ0n) is 17.3. The van der Waals surface area contributed by atoms with Gasteiger partial charge in [-0.1, -0.05) is 48.0 Å². The Labute approximate surface area is 186 Å². The summed E-state index contributed by atoms with van der Waals surface area (Å²) in [6.45, 7) is 3.45. The first-order valence-corrected chi connectivity index (χ1v) is 10.1. The number of ether oxygens (including phenoxy) is 2. The molecule has 0 unspecified atom stereocenters. The summed E-state index contributed by atoms with van der Waals surface area (Å²) < 4.78 is 11.1. The molecule has 3 rings (SSSR count). The molecule has 0 aliphatic heterocycles. The summed E-state index contributed by atoms with van der Waals surface area (Å²) in [7, 11) is 0. The minimum Gasteiger partial charge on any atom is -0.483 e. The first-order valence-electron chi connectivity index (χ1n) is 9.68. The summed E-state index contributed by atoms with van der Waals surface area (Å²) in [6.07, 6.45) is 0. The van der Waals surface area contributed by atoms with Crippen molar-refractivity contribution in [1.29, 1.82) is 0 Å². The molecular weight excluding hydrogens is 416 g/mol. The Bertz CT molecular complexity index is 1080. The first-order chi connectivity index (χ1) is 14.9. The van der Waals surface area contributed by atoms with Crippen LogP contribution < -0.4 is 20.1 Å². The van der Waals surface area contributed by atoms with Crippen LogP contribution >= 0.6 is 11.6 Å². The van der Waals surface area contributed by atoms with Gasteiger partial charge >= 0.3 is 0 Å². The fourth-order valence-corrected chi connectivity index (χ4v) is 3.00. The van der Waals surface area contributed by atoms with Crippen LogP contribution in [0.1, 0.15) is 11.1 Å². The maximum Gasteiger partial charge on any atom is 0.262 e. The standard InChI is InChI=1S/C24H23ClN2O4/c1-16-7-3-5-9-21(16)30-14-23(28)26-19-12-11-18(25)13-20(19)27-24(29)15-31-22-10-6-4-8-17(22)2/h3-13H,14-15H2,1-2H3,(H,26,28)(H,27,29). The van der Waals surface area contributed by atoms with Crippen molar-refractivity contribution < 1.29 is 19.1 Å². The van der Waals surface area contributed by atoms with E-state index in [9.17, 15) is 9.59 Å². The van der Waals surface area contributed by atoms with Crippen LogP contribution in [-0.2, 0) is 9.59 Å². The van der Waals surface area contributed by atoms with Crippen LogP contribution in [0.5, 0.6) is 11.5 Å². The Morgan fingerprint density at radius 3 is 1.74 bits per heavy atom. The molecule has 160 valence electrons. The smallest absolute Gasteiger partial charge is 0.262 e. The van der Waals surface area contributed by atoms with E-state index in [1.807, 2.05) is 50.2 Å². The van der Waals surface area contributed by atoms with Gasteiger partial charge in [-0.3, -0.25) is 9.59 Å². The number of rotatable bonds is 8. The number of halogens is 1. The van der Waals surface area contributed by atoms with Crippen LogP contribution in [0.3, 0.4) is 0 Å². The van der Waals surface area contributed by atoms with Crippen LogP contribution in [0.2, 0.25) is 5.02 Å². The predicted octanol–water partition coefficient (Wildman–Crippen LogP) is 4.99. The Morgan fingerprint density at radius 1 is 0.742 bits per heavy atom. The lowest BCUT2D eigenvalue weighted by molar-refractivity contribution is -0.119. The lowest BCUT2D eigenvalue weighted by atomic mass is 10.2. The Kier molecular flexibility index (Phi) is 7.51. The zero-order valence-corrected chi connectivity index (χ0v) is 18.0. The summed E-state index contributed by atoms with van der Waals surface area (Å²) in [5, 5.41) is 5.88. The number of nitrogens with one attached hydrogen (secondary N) is 2. The number of hydrogen-bond donors (Lipinski definition) is 2. The number of anilines is 2. The maximum atomic E-state index is 12.4. The number of aryl methyl sites for hydroxylation is 2. The highest BCUT2D eigenvalue weighted by Gasteiger charge is 2.12. The van der Waals surface area contributed by atoms with Gasteiger partial charge in [-0.05, 0) is 55.3 Å². The van der Waals surface area contributed by atoms with E-state index in [0.717, 1.165) is 11.1 Å². The molecule has 3 aromatic carbocycles. The third-order valence-electron chi connectivity index (χ3n) is 4.43. The fraction of sp³-hybridized carbons (Fsp3) is 0.167. The van der Waals surface area contributed by atoms with Gasteiger partial charge in [0, 0.05) is 5.02 Å². The van der Waals surface area contributed by atoms with Gasteiger partial charge in [0.1, 0.15) is 11.5 Å². The van der Waals surface area contributed by atoms with Crippen molar-refractivity contribution in [3.8, 4) is 11.5 Å². The van der Waals surface area contributed by atoms with Crippen LogP contribution in [0.25, 0.3) is 0 Å². The number of para-hydroxylation sites is 2. The minimum absolute atomic E-state index is 0.169. The quantitative estimate of drug-likeness (QED) is 0.519. The largest absolute Gasteiger partial charge is 0.483 e. The maximum absolute atomic E-state index is 12.4. The Balaban J connectivity index is 1.60. The molecule has 7 heteroatoms. The van der Waals surface area contributed by atoms with Gasteiger partial charge in [-0.2, -0.15) is 0 Å². The average Bonchev–Trinajstić information content (AvgIpc) is 2.74. The molecule has 0 heterocycles. The summed E-state index contributed by atoms with van der Waals surface area (Å²) in [5.41, 5.74) is 2.64. The SMILES string of the molecule is Cc1ccccc1OCC(=O)Nc1ccc(Cl)cc1NC(=O)COc1ccccc1C. The van der Waals surface area contributed by atoms with Crippen LogP contribution in [0, 0.1) is 13.8 Å². The van der Waals surface area contributed by atoms with E-state index in [1.54, 1.807) is 30.3 Å². The van der Waals surface area contributed by atoms with Gasteiger partial charge in [-0.15, -0.1) is 0 Å². The molecule has 0 saturated heterocycles. The molecule has 0 radical (unpaired) electrons. The molecule has 2 amide bonds. The van der Waals surface area contributed by atoms with E-state index in [1.165, 1.54) is 0 Å². The number of amides is 2. The first kappa shape index (κ1) is 22.2. The van der Waals surface area contributed by atoms with Crippen LogP contribution in [0.4, 0.5) is 11.4 Å². The highest BCUT2D eigenvalue weighted by Crippen LogP contribution is 2.26. The summed E-state index contributed by atoms with van der Waals surface area (Å²) in [6, 6.07) is 19.7. The Morgan fingerprint density at radius 2 is 1.23 bits per heavy atom. The second-order valence-corrected chi connectivity index (χ2v) is 7.33. The van der Waals surface area contributed by atoms with Gasteiger partial charge in [-0.25, -0.2) is 0 Å². The lowest BCUT2D eigenvalue weighted by Crippen LogP contribution is -2.24. The van der Waals surface area contributed by atoms with Gasteiger partial charge in [0.05, 0.1) is 11.4 Å². The van der Waals surface area contributed by atoms with E-state index in [0.29, 0.717) is 27.9 Å². The van der Waals surface area contributed by atoms with E-state index in [4.69, 9.17) is 21.1 Å². The number of carbonyl (C=O) groups is 2. The topological polar surface area (TPSA) is 76.7 Å². The van der Waals surface area contributed by atoms with Crippen molar-refractivity contribution in [3.05, 3.63) is 82.9 Å². The van der Waals surface area contributed by atoms with Crippen molar-refractivity contribution in [2.45, 2.75) is 13.8 Å². The van der Waals surface area contributed by atoms with E-state index >= 15 is 0 Å². The molecule has 0 atom stereocenters. The molecule has 0 saturated carbocycles. The molecule has 0 fully saturated rings. The van der Waals surface area contributed by atoms with Crippen molar-refractivity contribution >= 4 is 34.8 Å². The second kappa shape index (κ2) is 10.5. The third-order valence-corrected chi connectivity index (χ3v) is 4.67. The molecule has 0 spiro atoms. The summed E-state index contributed by atoms with van der Waals surface area (Å²) in [4.78, 5) is 24.7. The molecule has 0 bridgehead atoms. The molecular formula is C24H23ClN2O4.